The number of benzene rings is 1. The van der Waals surface area contributed by atoms with E-state index < -0.39 is 9.84 Å². The molecule has 0 aliphatic carbocycles. The Balaban J connectivity index is 3.43. The van der Waals surface area contributed by atoms with Crippen LogP contribution in [0.15, 0.2) is 23.1 Å². The predicted molar refractivity (Wildman–Crippen MR) is 64.9 cm³/mol. The lowest BCUT2D eigenvalue weighted by atomic mass is 10.2. The van der Waals surface area contributed by atoms with Gasteiger partial charge in [-0.15, -0.1) is 0 Å². The van der Waals surface area contributed by atoms with Gasteiger partial charge in [0.2, 0.25) is 0 Å². The van der Waals surface area contributed by atoms with Gasteiger partial charge in [0.15, 0.2) is 9.84 Å². The summed E-state index contributed by atoms with van der Waals surface area (Å²) in [6, 6.07) is 6.37. The van der Waals surface area contributed by atoms with Crippen molar-refractivity contribution in [3.8, 4) is 6.07 Å². The first-order valence-corrected chi connectivity index (χ1v) is 6.77. The van der Waals surface area contributed by atoms with Crippen LogP contribution in [-0.2, 0) is 9.84 Å². The van der Waals surface area contributed by atoms with Crippen LogP contribution in [0, 0.1) is 11.3 Å². The van der Waals surface area contributed by atoms with Gasteiger partial charge in [0, 0.05) is 21.9 Å². The van der Waals surface area contributed by atoms with E-state index in [1.807, 2.05) is 0 Å². The SMILES string of the molecule is CS(=O)(=O)/C(C#N)=C/c1c(Cl)cccc1Cl. The average molecular weight is 276 g/mol. The van der Waals surface area contributed by atoms with Gasteiger partial charge < -0.3 is 0 Å². The molecule has 3 nitrogen and oxygen atoms in total. The monoisotopic (exact) mass is 275 g/mol. The zero-order chi connectivity index (χ0) is 12.3. The number of hydrogen-bond donors (Lipinski definition) is 0. The number of allylic oxidation sites excluding steroid dienone is 1. The number of halogens is 2. The molecule has 0 bridgehead atoms. The molecule has 0 unspecified atom stereocenters. The molecule has 0 heterocycles. The minimum absolute atomic E-state index is 0.295. The molecule has 0 aromatic heterocycles. The quantitative estimate of drug-likeness (QED) is 0.780. The van der Waals surface area contributed by atoms with Gasteiger partial charge in [0.25, 0.3) is 0 Å². The summed E-state index contributed by atoms with van der Waals surface area (Å²) >= 11 is 11.7. The molecule has 1 aromatic rings. The Morgan fingerprint density at radius 3 is 2.25 bits per heavy atom. The first-order chi connectivity index (χ1) is 7.36. The predicted octanol–water partition coefficient (Wildman–Crippen LogP) is 2.90. The highest BCUT2D eigenvalue weighted by Crippen LogP contribution is 2.27. The fraction of sp³-hybridized carbons (Fsp3) is 0.100. The molecule has 1 rings (SSSR count). The van der Waals surface area contributed by atoms with Crippen molar-refractivity contribution in [2.24, 2.45) is 0 Å². The molecule has 0 saturated carbocycles. The second-order valence-corrected chi connectivity index (χ2v) is 5.83. The van der Waals surface area contributed by atoms with Crippen LogP contribution in [0.5, 0.6) is 0 Å². The smallest absolute Gasteiger partial charge is 0.185 e. The number of hydrogen-bond acceptors (Lipinski definition) is 3. The van der Waals surface area contributed by atoms with E-state index in [0.29, 0.717) is 15.6 Å². The van der Waals surface area contributed by atoms with Crippen LogP contribution in [0.25, 0.3) is 6.08 Å². The van der Waals surface area contributed by atoms with Gasteiger partial charge in [-0.3, -0.25) is 0 Å². The Hall–Kier alpha value is -1.02. The van der Waals surface area contributed by atoms with Crippen molar-refractivity contribution >= 4 is 39.1 Å². The summed E-state index contributed by atoms with van der Waals surface area (Å²) in [4.78, 5) is -0.373. The van der Waals surface area contributed by atoms with Crippen LogP contribution in [-0.4, -0.2) is 14.7 Å². The first kappa shape index (κ1) is 13.0. The Morgan fingerprint density at radius 2 is 1.88 bits per heavy atom. The molecule has 16 heavy (non-hydrogen) atoms. The van der Waals surface area contributed by atoms with E-state index in [4.69, 9.17) is 28.5 Å². The van der Waals surface area contributed by atoms with E-state index in [9.17, 15) is 8.42 Å². The molecule has 0 atom stereocenters. The van der Waals surface area contributed by atoms with Crippen molar-refractivity contribution < 1.29 is 8.42 Å². The second kappa shape index (κ2) is 4.88. The first-order valence-electron chi connectivity index (χ1n) is 4.12. The van der Waals surface area contributed by atoms with Gasteiger partial charge in [-0.05, 0) is 18.2 Å². The summed E-state index contributed by atoms with van der Waals surface area (Å²) in [5, 5.41) is 9.31. The minimum atomic E-state index is -3.56. The molecule has 0 radical (unpaired) electrons. The van der Waals surface area contributed by atoms with E-state index in [1.54, 1.807) is 24.3 Å². The van der Waals surface area contributed by atoms with E-state index in [0.717, 1.165) is 6.26 Å². The van der Waals surface area contributed by atoms with E-state index in [1.165, 1.54) is 6.08 Å². The van der Waals surface area contributed by atoms with Crippen LogP contribution in [0.3, 0.4) is 0 Å². The zero-order valence-corrected chi connectivity index (χ0v) is 10.6. The fourth-order valence-electron chi connectivity index (χ4n) is 1.00. The topological polar surface area (TPSA) is 57.9 Å². The van der Waals surface area contributed by atoms with E-state index >= 15 is 0 Å². The van der Waals surface area contributed by atoms with Crippen molar-refractivity contribution in [2.45, 2.75) is 0 Å². The summed E-state index contributed by atoms with van der Waals surface area (Å²) in [6.45, 7) is 0. The van der Waals surface area contributed by atoms with Crippen molar-refractivity contribution in [3.05, 3.63) is 38.7 Å². The van der Waals surface area contributed by atoms with Crippen molar-refractivity contribution in [3.63, 3.8) is 0 Å². The molecular weight excluding hydrogens is 269 g/mol. The Bertz CT molecular complexity index is 565. The molecule has 0 amide bonds. The fourth-order valence-corrected chi connectivity index (χ4v) is 2.01. The lowest BCUT2D eigenvalue weighted by molar-refractivity contribution is 0.609. The van der Waals surface area contributed by atoms with Gasteiger partial charge in [0.05, 0.1) is 0 Å². The zero-order valence-electron chi connectivity index (χ0n) is 8.24. The molecule has 1 aromatic carbocycles. The highest BCUT2D eigenvalue weighted by Gasteiger charge is 2.12. The third-order valence-corrected chi connectivity index (χ3v) is 3.45. The number of nitriles is 1. The molecule has 6 heteroatoms. The van der Waals surface area contributed by atoms with Crippen LogP contribution in [0.4, 0.5) is 0 Å². The molecule has 0 spiro atoms. The lowest BCUT2D eigenvalue weighted by Crippen LogP contribution is -1.98. The van der Waals surface area contributed by atoms with Gasteiger partial charge in [0.1, 0.15) is 11.0 Å². The standard InChI is InChI=1S/C10H7Cl2NO2S/c1-16(14,15)7(6-13)5-8-9(11)3-2-4-10(8)12/h2-5H,1H3/b7-5+. The van der Waals surface area contributed by atoms with Crippen molar-refractivity contribution in [2.75, 3.05) is 6.26 Å². The van der Waals surface area contributed by atoms with Crippen molar-refractivity contribution in [1.29, 1.82) is 5.26 Å². The van der Waals surface area contributed by atoms with E-state index in [-0.39, 0.29) is 4.91 Å². The summed E-state index contributed by atoms with van der Waals surface area (Å²) in [6.07, 6.45) is 2.12. The van der Waals surface area contributed by atoms with Gasteiger partial charge in [-0.2, -0.15) is 5.26 Å². The molecule has 0 fully saturated rings. The maximum atomic E-state index is 11.2. The highest BCUT2D eigenvalue weighted by molar-refractivity contribution is 7.95. The van der Waals surface area contributed by atoms with Gasteiger partial charge in [-0.1, -0.05) is 29.3 Å². The molecule has 0 aliphatic rings. The third kappa shape index (κ3) is 2.99. The van der Waals surface area contributed by atoms with Gasteiger partial charge in [-0.25, -0.2) is 8.42 Å². The Kier molecular flexibility index (Phi) is 3.98. The van der Waals surface area contributed by atoms with Crippen molar-refractivity contribution in [1.82, 2.24) is 0 Å². The minimum Gasteiger partial charge on any atom is -0.223 e. The second-order valence-electron chi connectivity index (χ2n) is 3.03. The lowest BCUT2D eigenvalue weighted by Gasteiger charge is -2.01. The maximum absolute atomic E-state index is 11.2. The van der Waals surface area contributed by atoms with Crippen LogP contribution >= 0.6 is 23.2 Å². The van der Waals surface area contributed by atoms with Crippen LogP contribution < -0.4 is 0 Å². The van der Waals surface area contributed by atoms with Gasteiger partial charge >= 0.3 is 0 Å². The molecule has 0 aliphatic heterocycles. The van der Waals surface area contributed by atoms with Crippen LogP contribution in [0.1, 0.15) is 5.56 Å². The van der Waals surface area contributed by atoms with Crippen LogP contribution in [0.2, 0.25) is 10.0 Å². The molecular formula is C10H7Cl2NO2S. The molecule has 0 saturated heterocycles. The number of rotatable bonds is 2. The third-order valence-electron chi connectivity index (χ3n) is 1.78. The highest BCUT2D eigenvalue weighted by atomic mass is 35.5. The summed E-state index contributed by atoms with van der Waals surface area (Å²) < 4.78 is 22.4. The summed E-state index contributed by atoms with van der Waals surface area (Å²) in [5.41, 5.74) is 0.327. The summed E-state index contributed by atoms with van der Waals surface area (Å²) in [5.74, 6) is 0. The number of nitrogens with zero attached hydrogens (tertiary/aromatic N) is 1. The largest absolute Gasteiger partial charge is 0.223 e. The normalized spacial score (nSPS) is 12.2. The Labute approximate surface area is 104 Å². The molecule has 84 valence electrons. The number of sulfone groups is 1. The maximum Gasteiger partial charge on any atom is 0.185 e. The average Bonchev–Trinajstić information content (AvgIpc) is 2.15. The Morgan fingerprint density at radius 1 is 1.38 bits per heavy atom. The van der Waals surface area contributed by atoms with E-state index in [2.05, 4.69) is 0 Å². The summed E-state index contributed by atoms with van der Waals surface area (Å²) in [7, 11) is -3.56. The molecule has 0 N–H and O–H groups in total.